The van der Waals surface area contributed by atoms with Gasteiger partial charge in [0.15, 0.2) is 0 Å². The zero-order valence-corrected chi connectivity index (χ0v) is 13.9. The van der Waals surface area contributed by atoms with Gasteiger partial charge in [0, 0.05) is 18.8 Å². The summed E-state index contributed by atoms with van der Waals surface area (Å²) in [7, 11) is 0. The number of nitrogens with zero attached hydrogens (tertiary/aromatic N) is 2. The largest absolute Gasteiger partial charge is 0.359 e. The minimum absolute atomic E-state index is 0.0473. The third kappa shape index (κ3) is 3.92. The highest BCUT2D eigenvalue weighted by molar-refractivity contribution is 6.32. The molecule has 5 heteroatoms. The van der Waals surface area contributed by atoms with Crippen LogP contribution in [0.5, 0.6) is 0 Å². The molecule has 2 rings (SSSR count). The summed E-state index contributed by atoms with van der Waals surface area (Å²) in [4.78, 5) is 14.5. The zero-order chi connectivity index (χ0) is 16.1. The topological polar surface area (TPSA) is 56.1 Å². The second-order valence-corrected chi connectivity index (χ2v) is 6.10. The summed E-state index contributed by atoms with van der Waals surface area (Å²) in [5.74, 6) is 0.698. The number of nitriles is 1. The summed E-state index contributed by atoms with van der Waals surface area (Å²) >= 11 is 6.16. The van der Waals surface area contributed by atoms with Gasteiger partial charge in [0.05, 0.1) is 10.6 Å². The second-order valence-electron chi connectivity index (χ2n) is 5.69. The average Bonchev–Trinajstić information content (AvgIpc) is 3.31. The maximum absolute atomic E-state index is 12.4. The standard InChI is InChI=1S/C17H22ClN3O/c1-3-16(17(22)20-4-2)21(11-12-5-6-12)14-8-7-13(10-19)15(18)9-14/h7-9,12,16H,3-6,11H2,1-2H3,(H,20,22). The molecule has 1 aliphatic carbocycles. The van der Waals surface area contributed by atoms with E-state index in [9.17, 15) is 4.79 Å². The molecule has 1 N–H and O–H groups in total. The van der Waals surface area contributed by atoms with E-state index in [2.05, 4.69) is 16.3 Å². The van der Waals surface area contributed by atoms with E-state index in [0.717, 1.165) is 18.7 Å². The summed E-state index contributed by atoms with van der Waals surface area (Å²) in [5, 5.41) is 12.4. The van der Waals surface area contributed by atoms with Crippen LogP contribution in [-0.2, 0) is 4.79 Å². The van der Waals surface area contributed by atoms with E-state index in [-0.39, 0.29) is 11.9 Å². The number of halogens is 1. The maximum Gasteiger partial charge on any atom is 0.242 e. The Bertz CT molecular complexity index is 578. The minimum atomic E-state index is -0.204. The summed E-state index contributed by atoms with van der Waals surface area (Å²) < 4.78 is 0. The van der Waals surface area contributed by atoms with Crippen LogP contribution in [-0.4, -0.2) is 25.0 Å². The molecule has 118 valence electrons. The Morgan fingerprint density at radius 3 is 2.73 bits per heavy atom. The van der Waals surface area contributed by atoms with Crippen molar-refractivity contribution < 1.29 is 4.79 Å². The Kier molecular flexibility index (Phi) is 5.68. The van der Waals surface area contributed by atoms with Gasteiger partial charge in [0.1, 0.15) is 12.1 Å². The lowest BCUT2D eigenvalue weighted by molar-refractivity contribution is -0.122. The summed E-state index contributed by atoms with van der Waals surface area (Å²) in [5.41, 5.74) is 1.37. The van der Waals surface area contributed by atoms with Crippen LogP contribution in [0.2, 0.25) is 5.02 Å². The van der Waals surface area contributed by atoms with Crippen LogP contribution in [0.15, 0.2) is 18.2 Å². The molecule has 0 radical (unpaired) electrons. The SMILES string of the molecule is CCNC(=O)C(CC)N(CC1CC1)c1ccc(C#N)c(Cl)c1. The van der Waals surface area contributed by atoms with Crippen molar-refractivity contribution in [1.29, 1.82) is 5.26 Å². The molecule has 0 aliphatic heterocycles. The fourth-order valence-electron chi connectivity index (χ4n) is 2.60. The van der Waals surface area contributed by atoms with Gasteiger partial charge in [-0.1, -0.05) is 18.5 Å². The minimum Gasteiger partial charge on any atom is -0.359 e. The van der Waals surface area contributed by atoms with Crippen molar-refractivity contribution in [2.24, 2.45) is 5.92 Å². The third-order valence-corrected chi connectivity index (χ3v) is 4.29. The van der Waals surface area contributed by atoms with Gasteiger partial charge in [-0.15, -0.1) is 0 Å². The highest BCUT2D eigenvalue weighted by Crippen LogP contribution is 2.34. The highest BCUT2D eigenvalue weighted by atomic mass is 35.5. The Balaban J connectivity index is 2.29. The molecule has 1 atom stereocenters. The fourth-order valence-corrected chi connectivity index (χ4v) is 2.82. The van der Waals surface area contributed by atoms with Gasteiger partial charge >= 0.3 is 0 Å². The van der Waals surface area contributed by atoms with Gasteiger partial charge in [-0.3, -0.25) is 4.79 Å². The van der Waals surface area contributed by atoms with Crippen molar-refractivity contribution in [2.75, 3.05) is 18.0 Å². The molecule has 1 fully saturated rings. The number of hydrogen-bond acceptors (Lipinski definition) is 3. The lowest BCUT2D eigenvalue weighted by atomic mass is 10.1. The second kappa shape index (κ2) is 7.51. The molecule has 1 amide bonds. The molecule has 1 aliphatic rings. The molecule has 1 aromatic rings. The smallest absolute Gasteiger partial charge is 0.242 e. The van der Waals surface area contributed by atoms with Gasteiger partial charge < -0.3 is 10.2 Å². The van der Waals surface area contributed by atoms with E-state index < -0.39 is 0 Å². The lowest BCUT2D eigenvalue weighted by Crippen LogP contribution is -2.47. The molecule has 1 saturated carbocycles. The van der Waals surface area contributed by atoms with Gasteiger partial charge in [-0.25, -0.2) is 0 Å². The molecule has 22 heavy (non-hydrogen) atoms. The van der Waals surface area contributed by atoms with Gasteiger partial charge in [-0.2, -0.15) is 5.26 Å². The van der Waals surface area contributed by atoms with Crippen LogP contribution in [0.1, 0.15) is 38.7 Å². The zero-order valence-electron chi connectivity index (χ0n) is 13.1. The quantitative estimate of drug-likeness (QED) is 0.838. The van der Waals surface area contributed by atoms with Crippen molar-refractivity contribution in [3.05, 3.63) is 28.8 Å². The third-order valence-electron chi connectivity index (χ3n) is 3.97. The Morgan fingerprint density at radius 1 is 1.50 bits per heavy atom. The van der Waals surface area contributed by atoms with Gasteiger partial charge in [0.25, 0.3) is 0 Å². The summed E-state index contributed by atoms with van der Waals surface area (Å²) in [6, 6.07) is 7.27. The van der Waals surface area contributed by atoms with Gasteiger partial charge in [0.2, 0.25) is 5.91 Å². The van der Waals surface area contributed by atoms with E-state index in [4.69, 9.17) is 16.9 Å². The molecule has 0 spiro atoms. The van der Waals surface area contributed by atoms with Crippen molar-refractivity contribution in [1.82, 2.24) is 5.32 Å². The Labute approximate surface area is 137 Å². The number of hydrogen-bond donors (Lipinski definition) is 1. The molecule has 1 unspecified atom stereocenters. The molecule has 0 aromatic heterocycles. The van der Waals surface area contributed by atoms with E-state index in [0.29, 0.717) is 23.0 Å². The molecule has 1 aromatic carbocycles. The molecule has 0 saturated heterocycles. The van der Waals surface area contributed by atoms with Crippen molar-refractivity contribution in [2.45, 2.75) is 39.2 Å². The first-order chi connectivity index (χ1) is 10.6. The fraction of sp³-hybridized carbons (Fsp3) is 0.529. The van der Waals surface area contributed by atoms with Crippen molar-refractivity contribution in [3.8, 4) is 6.07 Å². The van der Waals surface area contributed by atoms with Crippen LogP contribution in [0.3, 0.4) is 0 Å². The van der Waals surface area contributed by atoms with E-state index in [1.54, 1.807) is 12.1 Å². The first-order valence-electron chi connectivity index (χ1n) is 7.84. The lowest BCUT2D eigenvalue weighted by Gasteiger charge is -2.32. The maximum atomic E-state index is 12.4. The number of amides is 1. The number of nitrogens with one attached hydrogen (secondary N) is 1. The number of carbonyl (C=O) groups excluding carboxylic acids is 1. The molecular weight excluding hydrogens is 298 g/mol. The summed E-state index contributed by atoms with van der Waals surface area (Å²) in [6.07, 6.45) is 3.16. The molecule has 4 nitrogen and oxygen atoms in total. The number of anilines is 1. The predicted molar refractivity (Wildman–Crippen MR) is 89.0 cm³/mol. The van der Waals surface area contributed by atoms with Crippen LogP contribution < -0.4 is 10.2 Å². The first kappa shape index (κ1) is 16.6. The first-order valence-corrected chi connectivity index (χ1v) is 8.22. The van der Waals surface area contributed by atoms with E-state index in [1.807, 2.05) is 19.9 Å². The van der Waals surface area contributed by atoms with E-state index >= 15 is 0 Å². The van der Waals surface area contributed by atoms with Gasteiger partial charge in [-0.05, 0) is 50.3 Å². The molecule has 0 bridgehead atoms. The summed E-state index contributed by atoms with van der Waals surface area (Å²) in [6.45, 7) is 5.43. The van der Waals surface area contributed by atoms with E-state index in [1.165, 1.54) is 12.8 Å². The predicted octanol–water partition coefficient (Wildman–Crippen LogP) is 3.34. The van der Waals surface area contributed by atoms with Crippen LogP contribution >= 0.6 is 11.6 Å². The Morgan fingerprint density at radius 2 is 2.23 bits per heavy atom. The average molecular weight is 320 g/mol. The molecular formula is C17H22ClN3O. The van der Waals surface area contributed by atoms with Crippen LogP contribution in [0.4, 0.5) is 5.69 Å². The number of likely N-dealkylation sites (N-methyl/N-ethyl adjacent to an activating group) is 1. The van der Waals surface area contributed by atoms with Crippen molar-refractivity contribution in [3.63, 3.8) is 0 Å². The monoisotopic (exact) mass is 319 g/mol. The van der Waals surface area contributed by atoms with Crippen LogP contribution in [0, 0.1) is 17.2 Å². The number of carbonyl (C=O) groups is 1. The normalized spacial score (nSPS) is 15.0. The molecule has 0 heterocycles. The number of rotatable bonds is 7. The highest BCUT2D eigenvalue weighted by Gasteiger charge is 2.31. The van der Waals surface area contributed by atoms with Crippen LogP contribution in [0.25, 0.3) is 0 Å². The Hall–Kier alpha value is -1.73. The van der Waals surface area contributed by atoms with Crippen molar-refractivity contribution >= 4 is 23.2 Å². The number of benzene rings is 1.